The first kappa shape index (κ1) is 19.3. The van der Waals surface area contributed by atoms with E-state index in [4.69, 9.17) is 0 Å². The molecule has 1 aliphatic heterocycles. The molecule has 2 saturated carbocycles. The topological polar surface area (TPSA) is 57.7 Å². The standard InChI is InChI=1S/C20H28N2O3S2/c1-21(17-9-10-17)20(23)19-13-26-14-22(19)27(24,25)18-11-7-16(8-12-18)15-5-3-2-4-6-15/h7-8,11-12,15,17,19H,2-6,9-10,13-14H2,1H3/t19-/m0/s1. The van der Waals surface area contributed by atoms with Crippen LogP contribution in [0.3, 0.4) is 0 Å². The normalized spacial score (nSPS) is 24.9. The summed E-state index contributed by atoms with van der Waals surface area (Å²) in [6.07, 6.45) is 8.26. The molecule has 0 aromatic heterocycles. The summed E-state index contributed by atoms with van der Waals surface area (Å²) in [4.78, 5) is 14.8. The molecule has 7 heteroatoms. The maximum absolute atomic E-state index is 13.2. The Kier molecular flexibility index (Phi) is 5.54. The molecule has 3 aliphatic rings. The summed E-state index contributed by atoms with van der Waals surface area (Å²) in [6.45, 7) is 0. The molecule has 1 saturated heterocycles. The highest BCUT2D eigenvalue weighted by Gasteiger charge is 2.43. The number of rotatable bonds is 5. The summed E-state index contributed by atoms with van der Waals surface area (Å²) in [5.41, 5.74) is 1.24. The van der Waals surface area contributed by atoms with Gasteiger partial charge in [-0.2, -0.15) is 4.31 Å². The van der Waals surface area contributed by atoms with E-state index in [1.165, 1.54) is 53.7 Å². The molecule has 0 N–H and O–H groups in total. The van der Waals surface area contributed by atoms with Crippen LogP contribution in [0.25, 0.3) is 0 Å². The van der Waals surface area contributed by atoms with E-state index in [0.717, 1.165) is 12.8 Å². The lowest BCUT2D eigenvalue weighted by atomic mass is 9.84. The minimum absolute atomic E-state index is 0.0649. The second-order valence-electron chi connectivity index (χ2n) is 7.99. The number of nitrogens with zero attached hydrogens (tertiary/aromatic N) is 2. The Morgan fingerprint density at radius 3 is 2.37 bits per heavy atom. The van der Waals surface area contributed by atoms with E-state index in [1.807, 2.05) is 12.1 Å². The average molecular weight is 409 g/mol. The molecule has 4 rings (SSSR count). The highest BCUT2D eigenvalue weighted by atomic mass is 32.2. The Labute approximate surface area is 166 Å². The predicted octanol–water partition coefficient (Wildman–Crippen LogP) is 3.42. The number of likely N-dealkylation sites (N-methyl/N-ethyl adjacent to an activating group) is 1. The van der Waals surface area contributed by atoms with Crippen LogP contribution in [-0.4, -0.2) is 54.3 Å². The van der Waals surface area contributed by atoms with Crippen LogP contribution in [-0.2, 0) is 14.8 Å². The Hall–Kier alpha value is -1.05. The minimum atomic E-state index is -3.65. The fraction of sp³-hybridized carbons (Fsp3) is 0.650. The van der Waals surface area contributed by atoms with Gasteiger partial charge in [0.2, 0.25) is 15.9 Å². The molecule has 1 amide bonds. The largest absolute Gasteiger partial charge is 0.341 e. The average Bonchev–Trinajstić information content (AvgIpc) is 3.43. The Balaban J connectivity index is 1.52. The maximum atomic E-state index is 13.2. The summed E-state index contributed by atoms with van der Waals surface area (Å²) in [7, 11) is -1.86. The van der Waals surface area contributed by atoms with Crippen molar-refractivity contribution in [2.75, 3.05) is 18.7 Å². The van der Waals surface area contributed by atoms with E-state index in [0.29, 0.717) is 28.5 Å². The Bertz CT molecular complexity index is 784. The molecule has 27 heavy (non-hydrogen) atoms. The molecule has 0 radical (unpaired) electrons. The van der Waals surface area contributed by atoms with Gasteiger partial charge in [-0.1, -0.05) is 31.4 Å². The third-order valence-corrected chi connectivity index (χ3v) is 9.18. The van der Waals surface area contributed by atoms with Crippen molar-refractivity contribution in [2.24, 2.45) is 0 Å². The van der Waals surface area contributed by atoms with Gasteiger partial charge in [-0.3, -0.25) is 4.79 Å². The number of amides is 1. The zero-order valence-corrected chi connectivity index (χ0v) is 17.5. The fourth-order valence-corrected chi connectivity index (χ4v) is 7.35. The van der Waals surface area contributed by atoms with Crippen molar-refractivity contribution in [3.8, 4) is 0 Å². The lowest BCUT2D eigenvalue weighted by Gasteiger charge is -2.27. The first-order valence-electron chi connectivity index (χ1n) is 9.94. The Morgan fingerprint density at radius 1 is 1.07 bits per heavy atom. The van der Waals surface area contributed by atoms with Crippen LogP contribution < -0.4 is 0 Å². The van der Waals surface area contributed by atoms with Gasteiger partial charge in [0.05, 0.1) is 10.8 Å². The summed E-state index contributed by atoms with van der Waals surface area (Å²) in [5.74, 6) is 1.38. The van der Waals surface area contributed by atoms with Crippen molar-refractivity contribution in [2.45, 2.75) is 67.8 Å². The zero-order chi connectivity index (χ0) is 19.0. The SMILES string of the molecule is CN(C(=O)[C@@H]1CSCN1S(=O)(=O)c1ccc(C2CCCCC2)cc1)C1CC1. The van der Waals surface area contributed by atoms with Gasteiger partial charge in [-0.25, -0.2) is 8.42 Å². The molecule has 1 aromatic rings. The fourth-order valence-electron chi connectivity index (χ4n) is 4.22. The van der Waals surface area contributed by atoms with Crippen molar-refractivity contribution in [3.63, 3.8) is 0 Å². The predicted molar refractivity (Wildman–Crippen MR) is 108 cm³/mol. The molecule has 148 valence electrons. The van der Waals surface area contributed by atoms with Crippen LogP contribution in [0.2, 0.25) is 0 Å². The zero-order valence-electron chi connectivity index (χ0n) is 15.8. The number of carbonyl (C=O) groups excluding carboxylic acids is 1. The van der Waals surface area contributed by atoms with Crippen LogP contribution in [0, 0.1) is 0 Å². The van der Waals surface area contributed by atoms with Gasteiger partial charge in [-0.15, -0.1) is 11.8 Å². The number of thioether (sulfide) groups is 1. The second kappa shape index (κ2) is 7.76. The second-order valence-corrected chi connectivity index (χ2v) is 10.9. The molecular weight excluding hydrogens is 380 g/mol. The molecule has 1 atom stereocenters. The van der Waals surface area contributed by atoms with Gasteiger partial charge in [0.1, 0.15) is 6.04 Å². The summed E-state index contributed by atoms with van der Waals surface area (Å²) >= 11 is 1.51. The van der Waals surface area contributed by atoms with E-state index in [9.17, 15) is 13.2 Å². The van der Waals surface area contributed by atoms with Crippen LogP contribution >= 0.6 is 11.8 Å². The molecule has 1 aromatic carbocycles. The van der Waals surface area contributed by atoms with Crippen molar-refractivity contribution in [1.29, 1.82) is 0 Å². The maximum Gasteiger partial charge on any atom is 0.244 e. The third kappa shape index (κ3) is 3.91. The van der Waals surface area contributed by atoms with Crippen LogP contribution in [0.1, 0.15) is 56.4 Å². The van der Waals surface area contributed by atoms with E-state index >= 15 is 0 Å². The number of benzene rings is 1. The third-order valence-electron chi connectivity index (χ3n) is 6.13. The molecule has 0 bridgehead atoms. The molecular formula is C20H28N2O3S2. The summed E-state index contributed by atoms with van der Waals surface area (Å²) in [6, 6.07) is 7.12. The molecule has 0 unspecified atom stereocenters. The van der Waals surface area contributed by atoms with E-state index in [-0.39, 0.29) is 5.91 Å². The van der Waals surface area contributed by atoms with E-state index in [2.05, 4.69) is 0 Å². The lowest BCUT2D eigenvalue weighted by molar-refractivity contribution is -0.133. The summed E-state index contributed by atoms with van der Waals surface area (Å²) < 4.78 is 27.8. The van der Waals surface area contributed by atoms with Gasteiger partial charge in [0, 0.05) is 18.8 Å². The molecule has 3 fully saturated rings. The van der Waals surface area contributed by atoms with E-state index in [1.54, 1.807) is 24.1 Å². The first-order valence-corrected chi connectivity index (χ1v) is 12.5. The molecule has 1 heterocycles. The minimum Gasteiger partial charge on any atom is -0.341 e. The van der Waals surface area contributed by atoms with Gasteiger partial charge in [0.25, 0.3) is 0 Å². The number of hydrogen-bond donors (Lipinski definition) is 0. The first-order chi connectivity index (χ1) is 13.0. The van der Waals surface area contributed by atoms with Gasteiger partial charge in [0.15, 0.2) is 0 Å². The molecule has 2 aliphatic carbocycles. The van der Waals surface area contributed by atoms with Gasteiger partial charge < -0.3 is 4.90 Å². The van der Waals surface area contributed by atoms with Crippen LogP contribution in [0.5, 0.6) is 0 Å². The number of carbonyl (C=O) groups is 1. The number of sulfonamides is 1. The smallest absolute Gasteiger partial charge is 0.244 e. The quantitative estimate of drug-likeness (QED) is 0.749. The van der Waals surface area contributed by atoms with Crippen molar-refractivity contribution >= 4 is 27.7 Å². The highest BCUT2D eigenvalue weighted by molar-refractivity contribution is 8.00. The van der Waals surface area contributed by atoms with Crippen LogP contribution in [0.15, 0.2) is 29.2 Å². The van der Waals surface area contributed by atoms with Gasteiger partial charge in [-0.05, 0) is 49.3 Å². The Morgan fingerprint density at radius 2 is 1.74 bits per heavy atom. The number of hydrogen-bond acceptors (Lipinski definition) is 4. The van der Waals surface area contributed by atoms with Crippen molar-refractivity contribution in [1.82, 2.24) is 9.21 Å². The monoisotopic (exact) mass is 408 g/mol. The van der Waals surface area contributed by atoms with Crippen molar-refractivity contribution < 1.29 is 13.2 Å². The van der Waals surface area contributed by atoms with Crippen LogP contribution in [0.4, 0.5) is 0 Å². The molecule has 0 spiro atoms. The van der Waals surface area contributed by atoms with Gasteiger partial charge >= 0.3 is 0 Å². The van der Waals surface area contributed by atoms with Crippen molar-refractivity contribution in [3.05, 3.63) is 29.8 Å². The highest BCUT2D eigenvalue weighted by Crippen LogP contribution is 2.35. The lowest BCUT2D eigenvalue weighted by Crippen LogP contribution is -2.48. The van der Waals surface area contributed by atoms with E-state index < -0.39 is 16.1 Å². The summed E-state index contributed by atoms with van der Waals surface area (Å²) in [5, 5.41) is 0. The molecule has 5 nitrogen and oxygen atoms in total.